The predicted octanol–water partition coefficient (Wildman–Crippen LogP) is 1.96. The van der Waals surface area contributed by atoms with Crippen LogP contribution in [0.3, 0.4) is 0 Å². The standard InChI is InChI=1S/C12H13N3O2S/c16-8-10-4-2-1-3-9(10)7-14-11(17)15-12-13-5-6-18-12/h1-6,16H,7-8H2,(H2,13,14,15,17). The summed E-state index contributed by atoms with van der Waals surface area (Å²) in [4.78, 5) is 15.5. The fourth-order valence-electron chi connectivity index (χ4n) is 1.49. The monoisotopic (exact) mass is 263 g/mol. The van der Waals surface area contributed by atoms with Gasteiger partial charge in [-0.2, -0.15) is 0 Å². The number of anilines is 1. The molecule has 2 aromatic rings. The highest BCUT2D eigenvalue weighted by molar-refractivity contribution is 7.13. The zero-order chi connectivity index (χ0) is 12.8. The molecule has 0 aliphatic rings. The largest absolute Gasteiger partial charge is 0.392 e. The first-order valence-corrected chi connectivity index (χ1v) is 6.29. The van der Waals surface area contributed by atoms with Crippen LogP contribution in [0, 0.1) is 0 Å². The summed E-state index contributed by atoms with van der Waals surface area (Å²) in [6.45, 7) is 0.333. The summed E-state index contributed by atoms with van der Waals surface area (Å²) in [6.07, 6.45) is 1.63. The van der Waals surface area contributed by atoms with E-state index in [0.717, 1.165) is 11.1 Å². The molecule has 18 heavy (non-hydrogen) atoms. The Balaban J connectivity index is 1.89. The Hall–Kier alpha value is -1.92. The lowest BCUT2D eigenvalue weighted by atomic mass is 10.1. The van der Waals surface area contributed by atoms with Gasteiger partial charge < -0.3 is 10.4 Å². The van der Waals surface area contributed by atoms with E-state index in [1.54, 1.807) is 11.6 Å². The Morgan fingerprint density at radius 1 is 1.33 bits per heavy atom. The molecule has 0 radical (unpaired) electrons. The molecule has 0 fully saturated rings. The molecule has 0 unspecified atom stereocenters. The average molecular weight is 263 g/mol. The van der Waals surface area contributed by atoms with Gasteiger partial charge in [-0.05, 0) is 11.1 Å². The fraction of sp³-hybridized carbons (Fsp3) is 0.167. The molecule has 0 atom stereocenters. The zero-order valence-corrected chi connectivity index (χ0v) is 10.4. The highest BCUT2D eigenvalue weighted by Gasteiger charge is 2.05. The molecular weight excluding hydrogens is 250 g/mol. The molecule has 1 aromatic heterocycles. The Morgan fingerprint density at radius 3 is 2.78 bits per heavy atom. The van der Waals surface area contributed by atoms with Gasteiger partial charge in [0.25, 0.3) is 0 Å². The van der Waals surface area contributed by atoms with Crippen molar-refractivity contribution < 1.29 is 9.90 Å². The van der Waals surface area contributed by atoms with Gasteiger partial charge in [-0.25, -0.2) is 9.78 Å². The molecule has 0 saturated carbocycles. The van der Waals surface area contributed by atoms with Crippen molar-refractivity contribution in [3.05, 3.63) is 47.0 Å². The summed E-state index contributed by atoms with van der Waals surface area (Å²) in [5.41, 5.74) is 1.71. The maximum atomic E-state index is 11.6. The van der Waals surface area contributed by atoms with Gasteiger partial charge in [-0.1, -0.05) is 24.3 Å². The number of aliphatic hydroxyl groups is 1. The van der Waals surface area contributed by atoms with Gasteiger partial charge in [0.15, 0.2) is 5.13 Å². The number of benzene rings is 1. The molecule has 2 rings (SSSR count). The van der Waals surface area contributed by atoms with Crippen LogP contribution in [0.4, 0.5) is 9.93 Å². The van der Waals surface area contributed by atoms with Crippen LogP contribution in [0.15, 0.2) is 35.8 Å². The summed E-state index contributed by atoms with van der Waals surface area (Å²) in [5, 5.41) is 16.8. The van der Waals surface area contributed by atoms with Crippen molar-refractivity contribution >= 4 is 22.5 Å². The first-order valence-electron chi connectivity index (χ1n) is 5.41. The van der Waals surface area contributed by atoms with Crippen molar-refractivity contribution in [3.8, 4) is 0 Å². The number of carbonyl (C=O) groups is 1. The molecule has 0 aliphatic heterocycles. The van der Waals surface area contributed by atoms with Crippen molar-refractivity contribution in [3.63, 3.8) is 0 Å². The molecule has 0 spiro atoms. The summed E-state index contributed by atoms with van der Waals surface area (Å²) in [5.74, 6) is 0. The lowest BCUT2D eigenvalue weighted by Crippen LogP contribution is -2.28. The maximum Gasteiger partial charge on any atom is 0.321 e. The van der Waals surface area contributed by atoms with E-state index in [0.29, 0.717) is 11.7 Å². The summed E-state index contributed by atoms with van der Waals surface area (Å²) < 4.78 is 0. The number of carbonyl (C=O) groups excluding carboxylic acids is 1. The molecule has 1 aromatic carbocycles. The first-order chi connectivity index (χ1) is 8.79. The van der Waals surface area contributed by atoms with Crippen molar-refractivity contribution in [1.82, 2.24) is 10.3 Å². The Kier molecular flexibility index (Phi) is 4.27. The minimum atomic E-state index is -0.308. The summed E-state index contributed by atoms with van der Waals surface area (Å²) >= 11 is 1.36. The predicted molar refractivity (Wildman–Crippen MR) is 70.3 cm³/mol. The van der Waals surface area contributed by atoms with E-state index in [-0.39, 0.29) is 12.6 Å². The van der Waals surface area contributed by atoms with Crippen molar-refractivity contribution in [2.45, 2.75) is 13.2 Å². The molecule has 94 valence electrons. The Bertz CT molecular complexity index is 514. The number of aliphatic hydroxyl groups excluding tert-OH is 1. The third kappa shape index (κ3) is 3.28. The van der Waals surface area contributed by atoms with Crippen LogP contribution < -0.4 is 10.6 Å². The summed E-state index contributed by atoms with van der Waals surface area (Å²) in [6, 6.07) is 7.11. The van der Waals surface area contributed by atoms with E-state index in [1.807, 2.05) is 24.3 Å². The Labute approximate surface area is 108 Å². The fourth-order valence-corrected chi connectivity index (χ4v) is 2.01. The van der Waals surface area contributed by atoms with Gasteiger partial charge in [-0.3, -0.25) is 5.32 Å². The zero-order valence-electron chi connectivity index (χ0n) is 9.59. The molecule has 2 amide bonds. The van der Waals surface area contributed by atoms with Gasteiger partial charge in [0.1, 0.15) is 0 Å². The van der Waals surface area contributed by atoms with Gasteiger partial charge >= 0.3 is 6.03 Å². The number of hydrogen-bond donors (Lipinski definition) is 3. The number of hydrogen-bond acceptors (Lipinski definition) is 4. The number of rotatable bonds is 4. The smallest absolute Gasteiger partial charge is 0.321 e. The minimum absolute atomic E-state index is 0.0358. The lowest BCUT2D eigenvalue weighted by molar-refractivity contribution is 0.251. The van der Waals surface area contributed by atoms with Crippen LogP contribution >= 0.6 is 11.3 Å². The topological polar surface area (TPSA) is 74.2 Å². The highest BCUT2D eigenvalue weighted by atomic mass is 32.1. The number of amides is 2. The van der Waals surface area contributed by atoms with Gasteiger partial charge in [0.05, 0.1) is 6.61 Å². The van der Waals surface area contributed by atoms with Crippen LogP contribution in [0.5, 0.6) is 0 Å². The number of nitrogens with one attached hydrogen (secondary N) is 2. The maximum absolute atomic E-state index is 11.6. The molecule has 0 aliphatic carbocycles. The Morgan fingerprint density at radius 2 is 2.11 bits per heavy atom. The quantitative estimate of drug-likeness (QED) is 0.789. The summed E-state index contributed by atoms with van der Waals surface area (Å²) in [7, 11) is 0. The van der Waals surface area contributed by atoms with Crippen LogP contribution in [0.2, 0.25) is 0 Å². The van der Waals surface area contributed by atoms with Crippen LogP contribution in [0.1, 0.15) is 11.1 Å². The molecule has 0 saturated heterocycles. The second-order valence-electron chi connectivity index (χ2n) is 3.57. The third-order valence-corrected chi connectivity index (χ3v) is 3.07. The van der Waals surface area contributed by atoms with Crippen molar-refractivity contribution in [1.29, 1.82) is 0 Å². The molecule has 3 N–H and O–H groups in total. The van der Waals surface area contributed by atoms with E-state index in [4.69, 9.17) is 5.11 Å². The molecular formula is C12H13N3O2S. The van der Waals surface area contributed by atoms with Gasteiger partial charge in [0, 0.05) is 18.1 Å². The second-order valence-corrected chi connectivity index (χ2v) is 4.47. The van der Waals surface area contributed by atoms with E-state index >= 15 is 0 Å². The van der Waals surface area contributed by atoms with Gasteiger partial charge in [-0.15, -0.1) is 11.3 Å². The highest BCUT2D eigenvalue weighted by Crippen LogP contribution is 2.10. The van der Waals surface area contributed by atoms with Crippen molar-refractivity contribution in [2.75, 3.05) is 5.32 Å². The van der Waals surface area contributed by atoms with E-state index in [9.17, 15) is 4.79 Å². The lowest BCUT2D eigenvalue weighted by Gasteiger charge is -2.08. The third-order valence-electron chi connectivity index (χ3n) is 2.38. The SMILES string of the molecule is O=C(NCc1ccccc1CO)Nc1nccs1. The average Bonchev–Trinajstić information content (AvgIpc) is 2.89. The normalized spacial score (nSPS) is 10.1. The van der Waals surface area contributed by atoms with Gasteiger partial charge in [0.2, 0.25) is 0 Å². The van der Waals surface area contributed by atoms with E-state index < -0.39 is 0 Å². The second kappa shape index (κ2) is 6.13. The molecule has 5 nitrogen and oxygen atoms in total. The minimum Gasteiger partial charge on any atom is -0.392 e. The molecule has 1 heterocycles. The van der Waals surface area contributed by atoms with Crippen LogP contribution in [-0.2, 0) is 13.2 Å². The van der Waals surface area contributed by atoms with Crippen LogP contribution in [0.25, 0.3) is 0 Å². The van der Waals surface area contributed by atoms with Crippen LogP contribution in [-0.4, -0.2) is 16.1 Å². The number of thiazole rings is 1. The number of nitrogens with zero attached hydrogens (tertiary/aromatic N) is 1. The first kappa shape index (κ1) is 12.5. The molecule has 0 bridgehead atoms. The van der Waals surface area contributed by atoms with Crippen molar-refractivity contribution in [2.24, 2.45) is 0 Å². The number of aromatic nitrogens is 1. The number of urea groups is 1. The molecule has 6 heteroatoms. The van der Waals surface area contributed by atoms with E-state index in [1.165, 1.54) is 11.3 Å². The van der Waals surface area contributed by atoms with E-state index in [2.05, 4.69) is 15.6 Å².